The number of aliphatic hydroxyl groups is 4. The standard InChI is InChI=1S/C14H24O3/c1-3-5-12(15)8-6-11-7-9-13(16)14(10-11)17-4-2/h7,9-10,12-16H,3-6,8H2,1-2H3/p+1. The smallest absolute Gasteiger partial charge is 0.204 e. The van der Waals surface area contributed by atoms with Crippen molar-refractivity contribution in [1.82, 2.24) is 0 Å². The van der Waals surface area contributed by atoms with Crippen molar-refractivity contribution in [1.29, 1.82) is 0 Å². The first-order valence-electron chi connectivity index (χ1n) is 6.59. The van der Waals surface area contributed by atoms with Crippen LogP contribution in [0, 0.1) is 0 Å². The number of allylic oxidation sites excluding steroid dienone is 2. The second kappa shape index (κ2) is 7.64. The molecule has 0 saturated carbocycles. The minimum Gasteiger partial charge on any atom is -0.426 e. The third-order valence-electron chi connectivity index (χ3n) is 3.02. The Kier molecular flexibility index (Phi) is 6.48. The molecule has 0 fully saturated rings. The second-order valence-corrected chi connectivity index (χ2v) is 4.56. The van der Waals surface area contributed by atoms with Crippen LogP contribution in [0.3, 0.4) is 0 Å². The lowest BCUT2D eigenvalue weighted by atomic mass is 9.97. The van der Waals surface area contributed by atoms with Gasteiger partial charge in [0.15, 0.2) is 0 Å². The van der Waals surface area contributed by atoms with Crippen molar-refractivity contribution >= 4 is 0 Å². The van der Waals surface area contributed by atoms with E-state index in [1.165, 1.54) is 5.57 Å². The molecule has 98 valence electrons. The minimum atomic E-state index is -0.487. The molecule has 1 rings (SSSR count). The van der Waals surface area contributed by atoms with Crippen LogP contribution in [0.2, 0.25) is 0 Å². The lowest BCUT2D eigenvalue weighted by Crippen LogP contribution is -2.30. The van der Waals surface area contributed by atoms with Crippen LogP contribution in [0.25, 0.3) is 0 Å². The number of hydrogen-bond donors (Lipinski definition) is 2. The Balaban J connectivity index is 2.42. The molecule has 0 aromatic heterocycles. The molecule has 1 aliphatic rings. The quantitative estimate of drug-likeness (QED) is 0.667. The highest BCUT2D eigenvalue weighted by Crippen LogP contribution is 2.19. The Morgan fingerprint density at radius 1 is 1.35 bits per heavy atom. The van der Waals surface area contributed by atoms with Crippen LogP contribution < -0.4 is 0 Å². The summed E-state index contributed by atoms with van der Waals surface area (Å²) in [6.07, 6.45) is 8.50. The molecule has 0 saturated heterocycles. The van der Waals surface area contributed by atoms with Crippen molar-refractivity contribution in [3.8, 4) is 0 Å². The predicted octanol–water partition coefficient (Wildman–Crippen LogP) is 1.70. The summed E-state index contributed by atoms with van der Waals surface area (Å²) in [6.45, 7) is 4.77. The van der Waals surface area contributed by atoms with Gasteiger partial charge in [-0.05, 0) is 30.9 Å². The van der Waals surface area contributed by atoms with Crippen LogP contribution in [0.5, 0.6) is 0 Å². The average Bonchev–Trinajstić information content (AvgIpc) is 2.31. The van der Waals surface area contributed by atoms with Crippen LogP contribution >= 0.6 is 0 Å². The first kappa shape index (κ1) is 14.4. The van der Waals surface area contributed by atoms with Crippen LogP contribution in [0.1, 0.15) is 39.5 Å². The maximum atomic E-state index is 9.70. The molecule has 3 unspecified atom stereocenters. The second-order valence-electron chi connectivity index (χ2n) is 4.56. The molecule has 0 bridgehead atoms. The van der Waals surface area contributed by atoms with Gasteiger partial charge in [0.1, 0.15) is 12.7 Å². The van der Waals surface area contributed by atoms with Gasteiger partial charge in [-0.1, -0.05) is 19.4 Å². The fraction of sp³-hybridized carbons (Fsp3) is 0.714. The number of rotatable bonds is 7. The molecule has 0 spiro atoms. The molecule has 0 heterocycles. The van der Waals surface area contributed by atoms with Gasteiger partial charge in [-0.15, -0.1) is 0 Å². The summed E-state index contributed by atoms with van der Waals surface area (Å²) >= 11 is 0. The van der Waals surface area contributed by atoms with E-state index in [9.17, 15) is 10.2 Å². The first-order chi connectivity index (χ1) is 8.17. The van der Waals surface area contributed by atoms with Crippen molar-refractivity contribution in [3.63, 3.8) is 0 Å². The van der Waals surface area contributed by atoms with Gasteiger partial charge in [0.05, 0.1) is 6.10 Å². The Morgan fingerprint density at radius 2 is 2.12 bits per heavy atom. The molecule has 17 heavy (non-hydrogen) atoms. The molecule has 3 N–H and O–H groups in total. The van der Waals surface area contributed by atoms with Crippen molar-refractivity contribution in [2.75, 3.05) is 6.61 Å². The van der Waals surface area contributed by atoms with E-state index in [0.29, 0.717) is 0 Å². The number of hydrogen-bond acceptors (Lipinski definition) is 2. The van der Waals surface area contributed by atoms with Crippen LogP contribution in [-0.4, -0.2) is 39.9 Å². The molecule has 3 heteroatoms. The monoisotopic (exact) mass is 241 g/mol. The van der Waals surface area contributed by atoms with Gasteiger partial charge in [0.25, 0.3) is 0 Å². The molecule has 0 aliphatic heterocycles. The molecule has 0 aromatic carbocycles. The topological polar surface area (TPSA) is 53.3 Å². The molecule has 0 amide bonds. The van der Waals surface area contributed by atoms with E-state index < -0.39 is 6.10 Å². The summed E-state index contributed by atoms with van der Waals surface area (Å²) in [5.41, 5.74) is 1.17. The lowest BCUT2D eigenvalue weighted by Gasteiger charge is -2.19. The molecule has 1 aliphatic carbocycles. The van der Waals surface area contributed by atoms with Crippen LogP contribution in [0.15, 0.2) is 23.8 Å². The molecule has 0 aromatic rings. The summed E-state index contributed by atoms with van der Waals surface area (Å²) in [5, 5.41) is 19.4. The van der Waals surface area contributed by atoms with Gasteiger partial charge in [-0.2, -0.15) is 0 Å². The van der Waals surface area contributed by atoms with E-state index in [1.807, 2.05) is 19.1 Å². The van der Waals surface area contributed by atoms with Gasteiger partial charge in [-0.25, -0.2) is 0 Å². The number of ether oxygens (including phenoxy) is 1. The van der Waals surface area contributed by atoms with Crippen LogP contribution in [0.4, 0.5) is 0 Å². The highest BCUT2D eigenvalue weighted by atomic mass is 16.5. The highest BCUT2D eigenvalue weighted by molar-refractivity contribution is 5.27. The fourth-order valence-corrected chi connectivity index (χ4v) is 2.06. The van der Waals surface area contributed by atoms with E-state index >= 15 is 0 Å². The minimum absolute atomic E-state index is 0.108. The number of aliphatic hydroxyl groups excluding tert-OH is 2. The zero-order chi connectivity index (χ0) is 12.7. The lowest BCUT2D eigenvalue weighted by molar-refractivity contribution is -0.112. The zero-order valence-electron chi connectivity index (χ0n) is 10.8. The van der Waals surface area contributed by atoms with E-state index in [-0.39, 0.29) is 12.2 Å². The highest BCUT2D eigenvalue weighted by Gasteiger charge is 2.22. The predicted molar refractivity (Wildman–Crippen MR) is 69.9 cm³/mol. The van der Waals surface area contributed by atoms with Crippen molar-refractivity contribution in [2.24, 2.45) is 0 Å². The third-order valence-corrected chi connectivity index (χ3v) is 3.02. The Bertz CT molecular complexity index is 271. The fourth-order valence-electron chi connectivity index (χ4n) is 2.06. The van der Waals surface area contributed by atoms with Gasteiger partial charge >= 0.3 is 0 Å². The molecule has 3 nitrogen and oxygen atoms in total. The van der Waals surface area contributed by atoms with Gasteiger partial charge in [0.2, 0.25) is 6.10 Å². The maximum absolute atomic E-state index is 9.70. The Morgan fingerprint density at radius 3 is 2.76 bits per heavy atom. The molecule has 0 radical (unpaired) electrons. The summed E-state index contributed by atoms with van der Waals surface area (Å²) in [4.78, 5) is 0. The molecule has 3 atom stereocenters. The van der Waals surface area contributed by atoms with E-state index in [2.05, 4.69) is 11.7 Å². The van der Waals surface area contributed by atoms with Gasteiger partial charge in [0, 0.05) is 13.0 Å². The van der Waals surface area contributed by atoms with Gasteiger partial charge in [-0.3, -0.25) is 0 Å². The van der Waals surface area contributed by atoms with Crippen molar-refractivity contribution < 1.29 is 14.9 Å². The maximum Gasteiger partial charge on any atom is 0.204 e. The van der Waals surface area contributed by atoms with E-state index in [4.69, 9.17) is 0 Å². The average molecular weight is 241 g/mol. The Hall–Kier alpha value is -0.640. The van der Waals surface area contributed by atoms with Gasteiger partial charge < -0.3 is 14.9 Å². The summed E-state index contributed by atoms with van der Waals surface area (Å²) < 4.78 is 4.34. The summed E-state index contributed by atoms with van der Waals surface area (Å²) in [5.74, 6) is 0. The largest absolute Gasteiger partial charge is 0.426 e. The third kappa shape index (κ3) is 5.02. The van der Waals surface area contributed by atoms with Crippen molar-refractivity contribution in [3.05, 3.63) is 23.8 Å². The summed E-state index contributed by atoms with van der Waals surface area (Å²) in [6, 6.07) is 0. The summed E-state index contributed by atoms with van der Waals surface area (Å²) in [7, 11) is 0. The van der Waals surface area contributed by atoms with Crippen molar-refractivity contribution in [2.45, 2.75) is 57.8 Å². The van der Waals surface area contributed by atoms with E-state index in [0.717, 1.165) is 32.3 Å². The first-order valence-corrected chi connectivity index (χ1v) is 6.59. The Labute approximate surface area is 104 Å². The SMILES string of the molecule is CCCC(O)CCC1=CC([OH+]CC)C(O)C=C1. The zero-order valence-corrected chi connectivity index (χ0v) is 10.8. The molecular weight excluding hydrogens is 216 g/mol. The normalized spacial score (nSPS) is 25.8. The van der Waals surface area contributed by atoms with E-state index in [1.54, 1.807) is 6.08 Å². The van der Waals surface area contributed by atoms with Crippen LogP contribution in [-0.2, 0) is 0 Å². The molecular formula is C14H25O3+.